The number of hydrogen-bond acceptors (Lipinski definition) is 4. The van der Waals surface area contributed by atoms with Gasteiger partial charge in [0.25, 0.3) is 5.91 Å². The summed E-state index contributed by atoms with van der Waals surface area (Å²) in [4.78, 5) is 12.0. The van der Waals surface area contributed by atoms with Crippen molar-refractivity contribution < 1.29 is 14.3 Å². The van der Waals surface area contributed by atoms with Gasteiger partial charge in [0.1, 0.15) is 11.5 Å². The zero-order chi connectivity index (χ0) is 17.4. The number of nitrogens with one attached hydrogen (secondary N) is 1. The van der Waals surface area contributed by atoms with Crippen LogP contribution in [-0.2, 0) is 4.79 Å². The number of rotatable bonds is 5. The molecule has 1 amide bonds. The molecule has 0 radical (unpaired) electrons. The Morgan fingerprint density at radius 2 is 1.92 bits per heavy atom. The zero-order valence-electron chi connectivity index (χ0n) is 14.9. The van der Waals surface area contributed by atoms with E-state index in [0.717, 1.165) is 24.3 Å². The summed E-state index contributed by atoms with van der Waals surface area (Å²) >= 11 is 0. The third-order valence-corrected chi connectivity index (χ3v) is 6.26. The molecule has 0 saturated heterocycles. The first kappa shape index (κ1) is 16.8. The predicted molar refractivity (Wildman–Crippen MR) is 93.3 cm³/mol. The molecule has 0 unspecified atom stereocenters. The molecule has 24 heavy (non-hydrogen) atoms. The van der Waals surface area contributed by atoms with Crippen LogP contribution in [0.15, 0.2) is 29.4 Å². The van der Waals surface area contributed by atoms with Crippen molar-refractivity contribution in [2.45, 2.75) is 40.0 Å². The fourth-order valence-corrected chi connectivity index (χ4v) is 4.08. The molecule has 0 aliphatic heterocycles. The SMILES string of the molecule is COc1ccc(OCC(=O)N/N=C2/C[C@@H]3CC[C@@]2(C)C3(C)C)cc1. The number of hydrogen-bond donors (Lipinski definition) is 1. The smallest absolute Gasteiger partial charge is 0.277 e. The van der Waals surface area contributed by atoms with Crippen molar-refractivity contribution in [3.8, 4) is 11.5 Å². The van der Waals surface area contributed by atoms with Crippen molar-refractivity contribution in [1.29, 1.82) is 0 Å². The number of methoxy groups -OCH3 is 1. The van der Waals surface area contributed by atoms with Crippen LogP contribution in [0.1, 0.15) is 40.0 Å². The van der Waals surface area contributed by atoms with E-state index in [0.29, 0.717) is 11.7 Å². The van der Waals surface area contributed by atoms with Crippen LogP contribution in [0.5, 0.6) is 11.5 Å². The van der Waals surface area contributed by atoms with E-state index in [1.54, 1.807) is 31.4 Å². The van der Waals surface area contributed by atoms with Crippen LogP contribution in [0.25, 0.3) is 0 Å². The highest BCUT2D eigenvalue weighted by Gasteiger charge is 2.59. The van der Waals surface area contributed by atoms with E-state index in [2.05, 4.69) is 31.3 Å². The molecule has 5 heteroatoms. The lowest BCUT2D eigenvalue weighted by atomic mass is 9.70. The molecule has 3 rings (SSSR count). The maximum atomic E-state index is 12.0. The number of nitrogens with zero attached hydrogens (tertiary/aromatic N) is 1. The van der Waals surface area contributed by atoms with Crippen LogP contribution in [0.2, 0.25) is 0 Å². The first-order chi connectivity index (χ1) is 11.4. The topological polar surface area (TPSA) is 59.9 Å². The number of hydrazone groups is 1. The van der Waals surface area contributed by atoms with Crippen molar-refractivity contribution in [2.75, 3.05) is 13.7 Å². The Balaban J connectivity index is 1.54. The van der Waals surface area contributed by atoms with Crippen molar-refractivity contribution in [3.63, 3.8) is 0 Å². The first-order valence-electron chi connectivity index (χ1n) is 8.49. The average Bonchev–Trinajstić information content (AvgIpc) is 2.91. The number of fused-ring (bicyclic) bond motifs is 2. The van der Waals surface area contributed by atoms with Gasteiger partial charge in [0.05, 0.1) is 7.11 Å². The molecule has 2 saturated carbocycles. The summed E-state index contributed by atoms with van der Waals surface area (Å²) in [5.74, 6) is 1.83. The Bertz CT molecular complexity index is 651. The molecule has 0 aromatic heterocycles. The second-order valence-corrected chi connectivity index (χ2v) is 7.55. The van der Waals surface area contributed by atoms with Gasteiger partial charge in [0.15, 0.2) is 6.61 Å². The molecule has 0 heterocycles. The van der Waals surface area contributed by atoms with Crippen LogP contribution in [0.3, 0.4) is 0 Å². The highest BCUT2D eigenvalue weighted by Crippen LogP contribution is 2.63. The molecule has 0 spiro atoms. The molecule has 1 aromatic carbocycles. The van der Waals surface area contributed by atoms with Crippen LogP contribution in [-0.4, -0.2) is 25.3 Å². The molecular formula is C19H26N2O3. The summed E-state index contributed by atoms with van der Waals surface area (Å²) in [6.07, 6.45) is 3.40. The van der Waals surface area contributed by atoms with Gasteiger partial charge in [-0.3, -0.25) is 4.79 Å². The molecule has 1 aromatic rings. The average molecular weight is 330 g/mol. The Morgan fingerprint density at radius 1 is 1.25 bits per heavy atom. The Kier molecular flexibility index (Phi) is 4.28. The Labute approximate surface area is 143 Å². The van der Waals surface area contributed by atoms with Gasteiger partial charge in [-0.05, 0) is 54.9 Å². The Hall–Kier alpha value is -2.04. The molecule has 5 nitrogen and oxygen atoms in total. The first-order valence-corrected chi connectivity index (χ1v) is 8.49. The van der Waals surface area contributed by atoms with Gasteiger partial charge in [0.2, 0.25) is 0 Å². The van der Waals surface area contributed by atoms with Gasteiger partial charge in [-0.15, -0.1) is 0 Å². The van der Waals surface area contributed by atoms with Gasteiger partial charge in [0, 0.05) is 11.1 Å². The van der Waals surface area contributed by atoms with Gasteiger partial charge in [-0.25, -0.2) is 5.43 Å². The minimum Gasteiger partial charge on any atom is -0.497 e. The van der Waals surface area contributed by atoms with Crippen LogP contribution < -0.4 is 14.9 Å². The molecular weight excluding hydrogens is 304 g/mol. The van der Waals surface area contributed by atoms with Crippen molar-refractivity contribution >= 4 is 11.6 Å². The lowest BCUT2D eigenvalue weighted by molar-refractivity contribution is -0.123. The van der Waals surface area contributed by atoms with Crippen LogP contribution in [0, 0.1) is 16.7 Å². The largest absolute Gasteiger partial charge is 0.497 e. The van der Waals surface area contributed by atoms with Crippen molar-refractivity contribution in [2.24, 2.45) is 21.8 Å². The summed E-state index contributed by atoms with van der Waals surface area (Å²) in [7, 11) is 1.61. The van der Waals surface area contributed by atoms with Gasteiger partial charge in [-0.1, -0.05) is 20.8 Å². The molecule has 130 valence electrons. The summed E-state index contributed by atoms with van der Waals surface area (Å²) in [5.41, 5.74) is 4.15. The van der Waals surface area contributed by atoms with Gasteiger partial charge < -0.3 is 9.47 Å². The molecule has 1 N–H and O–H groups in total. The minimum atomic E-state index is -0.234. The van der Waals surface area contributed by atoms with E-state index in [9.17, 15) is 4.79 Å². The second-order valence-electron chi connectivity index (χ2n) is 7.55. The number of ether oxygens (including phenoxy) is 2. The Morgan fingerprint density at radius 3 is 2.46 bits per heavy atom. The van der Waals surface area contributed by atoms with E-state index in [1.807, 2.05) is 0 Å². The summed E-state index contributed by atoms with van der Waals surface area (Å²) in [6.45, 7) is 6.87. The maximum Gasteiger partial charge on any atom is 0.277 e. The van der Waals surface area contributed by atoms with Gasteiger partial charge >= 0.3 is 0 Å². The minimum absolute atomic E-state index is 0.0490. The summed E-state index contributed by atoms with van der Waals surface area (Å²) in [5, 5.41) is 4.43. The lowest BCUT2D eigenvalue weighted by Crippen LogP contribution is -2.35. The third kappa shape index (κ3) is 2.76. The number of benzene rings is 1. The van der Waals surface area contributed by atoms with E-state index in [-0.39, 0.29) is 23.3 Å². The molecule has 2 fully saturated rings. The number of carbonyl (C=O) groups excluding carboxylic acids is 1. The predicted octanol–water partition coefficient (Wildman–Crippen LogP) is 3.39. The molecule has 2 bridgehead atoms. The highest BCUT2D eigenvalue weighted by atomic mass is 16.5. The van der Waals surface area contributed by atoms with E-state index in [1.165, 1.54) is 6.42 Å². The normalized spacial score (nSPS) is 28.8. The quantitative estimate of drug-likeness (QED) is 0.842. The third-order valence-electron chi connectivity index (χ3n) is 6.26. The number of carbonyl (C=O) groups is 1. The van der Waals surface area contributed by atoms with Crippen LogP contribution in [0.4, 0.5) is 0 Å². The molecule has 2 atom stereocenters. The fourth-order valence-electron chi connectivity index (χ4n) is 4.08. The summed E-state index contributed by atoms with van der Waals surface area (Å²) < 4.78 is 10.6. The standard InChI is InChI=1S/C19H26N2O3/c1-18(2)13-9-10-19(18,3)16(11-13)20-21-17(22)12-24-15-7-5-14(23-4)6-8-15/h5-8,13H,9-12H2,1-4H3,(H,21,22)/b20-16-/t13-,19+/m0/s1. The lowest BCUT2D eigenvalue weighted by Gasteiger charge is -2.34. The van der Waals surface area contributed by atoms with Gasteiger partial charge in [-0.2, -0.15) is 5.10 Å². The fraction of sp³-hybridized carbons (Fsp3) is 0.579. The zero-order valence-corrected chi connectivity index (χ0v) is 14.9. The highest BCUT2D eigenvalue weighted by molar-refractivity contribution is 5.95. The van der Waals surface area contributed by atoms with E-state index < -0.39 is 0 Å². The summed E-state index contributed by atoms with van der Waals surface area (Å²) in [6, 6.07) is 7.15. The second kappa shape index (κ2) is 6.11. The van der Waals surface area contributed by atoms with Crippen LogP contribution >= 0.6 is 0 Å². The van der Waals surface area contributed by atoms with E-state index >= 15 is 0 Å². The number of amides is 1. The monoisotopic (exact) mass is 330 g/mol. The maximum absolute atomic E-state index is 12.0. The van der Waals surface area contributed by atoms with Crippen molar-refractivity contribution in [3.05, 3.63) is 24.3 Å². The van der Waals surface area contributed by atoms with E-state index in [4.69, 9.17) is 9.47 Å². The molecule has 2 aliphatic carbocycles. The molecule has 2 aliphatic rings. The van der Waals surface area contributed by atoms with Crippen molar-refractivity contribution in [1.82, 2.24) is 5.43 Å².